The van der Waals surface area contributed by atoms with E-state index in [0.717, 1.165) is 22.8 Å². The average Bonchev–Trinajstić information content (AvgIpc) is 3.33. The Bertz CT molecular complexity index is 923. The number of benzene rings is 1. The van der Waals surface area contributed by atoms with E-state index < -0.39 is 0 Å². The van der Waals surface area contributed by atoms with Crippen LogP contribution in [0.5, 0.6) is 0 Å². The zero-order valence-corrected chi connectivity index (χ0v) is 16.2. The number of hydrogen-bond acceptors (Lipinski definition) is 3. The van der Waals surface area contributed by atoms with Gasteiger partial charge in [-0.15, -0.1) is 16.4 Å². The Morgan fingerprint density at radius 3 is 2.88 bits per heavy atom. The number of thiophene rings is 1. The summed E-state index contributed by atoms with van der Waals surface area (Å²) in [4.78, 5) is 3.04. The number of nitrogens with zero attached hydrogens (tertiary/aromatic N) is 3. The molecule has 0 radical (unpaired) electrons. The molecule has 2 atom stereocenters. The first-order chi connectivity index (χ1) is 12.1. The lowest BCUT2D eigenvalue weighted by atomic mass is 10.1. The Kier molecular flexibility index (Phi) is 4.58. The fourth-order valence-electron chi connectivity index (χ4n) is 3.78. The van der Waals surface area contributed by atoms with Crippen LogP contribution in [0.2, 0.25) is 0 Å². The van der Waals surface area contributed by atoms with Gasteiger partial charge in [-0.25, -0.2) is 0 Å². The summed E-state index contributed by atoms with van der Waals surface area (Å²) in [5, 5.41) is 7.05. The van der Waals surface area contributed by atoms with Crippen LogP contribution in [-0.4, -0.2) is 20.9 Å². The topological polar surface area (TPSA) is 27.2 Å². The number of aryl methyl sites for hydroxylation is 1. The Hall–Kier alpha value is -1.76. The third-order valence-electron chi connectivity index (χ3n) is 5.15. The van der Waals surface area contributed by atoms with E-state index in [1.165, 1.54) is 29.8 Å². The third-order valence-corrected chi connectivity index (χ3v) is 6.62. The van der Waals surface area contributed by atoms with Gasteiger partial charge >= 0.3 is 0 Å². The maximum atomic E-state index is 5.68. The van der Waals surface area contributed by atoms with E-state index in [1.807, 2.05) is 27.6 Å². The van der Waals surface area contributed by atoms with Crippen LogP contribution in [0, 0.1) is 11.7 Å². The summed E-state index contributed by atoms with van der Waals surface area (Å²) < 4.78 is 4.84. The van der Waals surface area contributed by atoms with Crippen LogP contribution in [0.1, 0.15) is 29.3 Å². The molecule has 2 aromatic heterocycles. The summed E-state index contributed by atoms with van der Waals surface area (Å²) in [7, 11) is 2.02. The fourth-order valence-corrected chi connectivity index (χ4v) is 4.89. The van der Waals surface area contributed by atoms with E-state index in [9.17, 15) is 0 Å². The Labute approximate surface area is 157 Å². The summed E-state index contributed by atoms with van der Waals surface area (Å²) >= 11 is 7.55. The molecule has 4 nitrogen and oxygen atoms in total. The summed E-state index contributed by atoms with van der Waals surface area (Å²) in [5.41, 5.74) is 2.38. The molecule has 1 fully saturated rings. The van der Waals surface area contributed by atoms with Crippen LogP contribution < -0.4 is 4.90 Å². The molecule has 0 saturated carbocycles. The van der Waals surface area contributed by atoms with Gasteiger partial charge in [-0.2, -0.15) is 4.68 Å². The highest BCUT2D eigenvalue weighted by molar-refractivity contribution is 7.71. The molecule has 1 aliphatic rings. The van der Waals surface area contributed by atoms with E-state index >= 15 is 0 Å². The number of nitrogens with one attached hydrogen (secondary N) is 1. The highest BCUT2D eigenvalue weighted by Gasteiger charge is 2.31. The zero-order chi connectivity index (χ0) is 17.4. The molecule has 0 spiro atoms. The molecule has 0 amide bonds. The zero-order valence-electron chi connectivity index (χ0n) is 14.6. The van der Waals surface area contributed by atoms with Crippen LogP contribution in [0.15, 0.2) is 41.8 Å². The molecule has 1 aromatic carbocycles. The molecule has 4 rings (SSSR count). The Morgan fingerprint density at radius 2 is 2.12 bits per heavy atom. The SMILES string of the molecule is Cc1ccccc1-c1nn(C[NH+]2CCC[C@@H]2c2cccs2)c(=S)n1C. The quantitative estimate of drug-likeness (QED) is 0.712. The molecular formula is C19H23N4S2+. The molecule has 1 unspecified atom stereocenters. The van der Waals surface area contributed by atoms with Crippen LogP contribution in [-0.2, 0) is 13.7 Å². The predicted molar refractivity (Wildman–Crippen MR) is 104 cm³/mol. The molecule has 0 aliphatic carbocycles. The fraction of sp³-hybridized carbons (Fsp3) is 0.368. The summed E-state index contributed by atoms with van der Waals surface area (Å²) in [6.45, 7) is 4.14. The number of hydrogen-bond donors (Lipinski definition) is 1. The first kappa shape index (κ1) is 16.7. The minimum atomic E-state index is 0.575. The van der Waals surface area contributed by atoms with E-state index in [0.29, 0.717) is 6.04 Å². The first-order valence-electron chi connectivity index (χ1n) is 8.73. The van der Waals surface area contributed by atoms with Crippen molar-refractivity contribution in [1.29, 1.82) is 0 Å². The second-order valence-electron chi connectivity index (χ2n) is 6.76. The van der Waals surface area contributed by atoms with Crippen molar-refractivity contribution in [2.45, 2.75) is 32.5 Å². The number of likely N-dealkylation sites (tertiary alicyclic amines) is 1. The highest BCUT2D eigenvalue weighted by Crippen LogP contribution is 2.24. The van der Waals surface area contributed by atoms with Crippen molar-refractivity contribution in [3.8, 4) is 11.4 Å². The van der Waals surface area contributed by atoms with Crippen molar-refractivity contribution in [3.63, 3.8) is 0 Å². The number of aromatic nitrogens is 3. The molecule has 3 aromatic rings. The number of quaternary nitrogens is 1. The molecule has 25 heavy (non-hydrogen) atoms. The Balaban J connectivity index is 1.65. The second-order valence-corrected chi connectivity index (χ2v) is 8.10. The van der Waals surface area contributed by atoms with Crippen LogP contribution in [0.25, 0.3) is 11.4 Å². The van der Waals surface area contributed by atoms with Crippen LogP contribution in [0.4, 0.5) is 0 Å². The summed E-state index contributed by atoms with van der Waals surface area (Å²) in [6, 6.07) is 13.3. The predicted octanol–water partition coefficient (Wildman–Crippen LogP) is 3.37. The summed E-state index contributed by atoms with van der Waals surface area (Å²) in [5.74, 6) is 0.953. The van der Waals surface area contributed by atoms with E-state index in [1.54, 1.807) is 4.90 Å². The van der Waals surface area contributed by atoms with Gasteiger partial charge in [0.05, 0.1) is 11.4 Å². The number of rotatable bonds is 4. The maximum absolute atomic E-state index is 5.68. The molecular weight excluding hydrogens is 348 g/mol. The highest BCUT2D eigenvalue weighted by atomic mass is 32.1. The lowest BCUT2D eigenvalue weighted by Gasteiger charge is -2.20. The normalized spacial score (nSPS) is 20.2. The van der Waals surface area contributed by atoms with Crippen molar-refractivity contribution in [3.05, 3.63) is 57.0 Å². The van der Waals surface area contributed by atoms with Crippen molar-refractivity contribution < 1.29 is 4.90 Å². The second kappa shape index (κ2) is 6.86. The molecule has 0 bridgehead atoms. The van der Waals surface area contributed by atoms with Crippen molar-refractivity contribution in [2.24, 2.45) is 7.05 Å². The monoisotopic (exact) mass is 371 g/mol. The standard InChI is InChI=1S/C19H22N4S2/c1-14-7-3-4-8-15(14)18-20-23(19(24)21(18)2)13-22-11-5-9-16(22)17-10-6-12-25-17/h3-4,6-8,10,12,16H,5,9,11,13H2,1-2H3/p+1/t16-/m1/s1. The minimum Gasteiger partial charge on any atom is -0.309 e. The van der Waals surface area contributed by atoms with Gasteiger partial charge in [0.15, 0.2) is 12.5 Å². The lowest BCUT2D eigenvalue weighted by molar-refractivity contribution is -0.941. The van der Waals surface area contributed by atoms with Crippen molar-refractivity contribution in [1.82, 2.24) is 14.3 Å². The van der Waals surface area contributed by atoms with Crippen LogP contribution in [0.3, 0.4) is 0 Å². The van der Waals surface area contributed by atoms with Gasteiger partial charge < -0.3 is 9.47 Å². The largest absolute Gasteiger partial charge is 0.309 e. The molecule has 6 heteroatoms. The van der Waals surface area contributed by atoms with E-state index in [4.69, 9.17) is 17.3 Å². The van der Waals surface area contributed by atoms with Gasteiger partial charge in [-0.3, -0.25) is 0 Å². The van der Waals surface area contributed by atoms with E-state index in [-0.39, 0.29) is 0 Å². The molecule has 3 heterocycles. The van der Waals surface area contributed by atoms with Gasteiger partial charge in [-0.1, -0.05) is 30.3 Å². The van der Waals surface area contributed by atoms with Crippen molar-refractivity contribution >= 4 is 23.6 Å². The van der Waals surface area contributed by atoms with Crippen molar-refractivity contribution in [2.75, 3.05) is 6.54 Å². The third kappa shape index (κ3) is 3.10. The van der Waals surface area contributed by atoms with Gasteiger partial charge in [-0.05, 0) is 36.2 Å². The first-order valence-corrected chi connectivity index (χ1v) is 10.0. The molecule has 130 valence electrons. The minimum absolute atomic E-state index is 0.575. The van der Waals surface area contributed by atoms with Gasteiger partial charge in [0.2, 0.25) is 4.77 Å². The average molecular weight is 372 g/mol. The van der Waals surface area contributed by atoms with Gasteiger partial charge in [0, 0.05) is 25.5 Å². The molecule has 1 N–H and O–H groups in total. The summed E-state index contributed by atoms with van der Waals surface area (Å²) in [6.07, 6.45) is 2.52. The molecule has 1 saturated heterocycles. The lowest BCUT2D eigenvalue weighted by Crippen LogP contribution is -3.09. The van der Waals surface area contributed by atoms with Gasteiger partial charge in [0.1, 0.15) is 6.04 Å². The Morgan fingerprint density at radius 1 is 1.28 bits per heavy atom. The molecule has 1 aliphatic heterocycles. The van der Waals surface area contributed by atoms with Gasteiger partial charge in [0.25, 0.3) is 0 Å². The van der Waals surface area contributed by atoms with E-state index in [2.05, 4.69) is 48.7 Å². The maximum Gasteiger partial charge on any atom is 0.202 e. The van der Waals surface area contributed by atoms with Crippen LogP contribution >= 0.6 is 23.6 Å². The smallest absolute Gasteiger partial charge is 0.202 e.